The first kappa shape index (κ1) is 19.9. The molecule has 0 amide bonds. The van der Waals surface area contributed by atoms with Gasteiger partial charge in [0.2, 0.25) is 0 Å². The fourth-order valence-electron chi connectivity index (χ4n) is 3.49. The van der Waals surface area contributed by atoms with Gasteiger partial charge in [0.25, 0.3) is 0 Å². The number of benzene rings is 2. The van der Waals surface area contributed by atoms with Gasteiger partial charge in [0.1, 0.15) is 5.75 Å². The predicted octanol–water partition coefficient (Wildman–Crippen LogP) is 5.84. The highest BCUT2D eigenvalue weighted by Gasteiger charge is 2.14. The van der Waals surface area contributed by atoms with Gasteiger partial charge in [-0.15, -0.1) is 0 Å². The van der Waals surface area contributed by atoms with Gasteiger partial charge in [0, 0.05) is 11.6 Å². The monoisotopic (exact) mass is 376 g/mol. The van der Waals surface area contributed by atoms with Crippen LogP contribution >= 0.6 is 0 Å². The molecule has 0 bridgehead atoms. The Hall–Kier alpha value is -2.81. The minimum Gasteiger partial charge on any atom is -0.493 e. The van der Waals surface area contributed by atoms with Crippen LogP contribution in [-0.2, 0) is 16.0 Å². The highest BCUT2D eigenvalue weighted by atomic mass is 16.5. The van der Waals surface area contributed by atoms with Gasteiger partial charge in [-0.2, -0.15) is 0 Å². The number of rotatable bonds is 9. The second-order valence-corrected chi connectivity index (χ2v) is 7.00. The van der Waals surface area contributed by atoms with Crippen LogP contribution in [0.25, 0.3) is 11.6 Å². The van der Waals surface area contributed by atoms with Gasteiger partial charge >= 0.3 is 5.97 Å². The molecule has 0 radical (unpaired) electrons. The Morgan fingerprint density at radius 1 is 0.964 bits per heavy atom. The third-order valence-corrected chi connectivity index (χ3v) is 4.97. The van der Waals surface area contributed by atoms with Crippen molar-refractivity contribution in [2.75, 3.05) is 13.2 Å². The van der Waals surface area contributed by atoms with Crippen LogP contribution in [0.2, 0.25) is 0 Å². The van der Waals surface area contributed by atoms with Crippen LogP contribution in [0.5, 0.6) is 5.75 Å². The predicted molar refractivity (Wildman–Crippen MR) is 114 cm³/mol. The summed E-state index contributed by atoms with van der Waals surface area (Å²) in [6.45, 7) is 4.50. The van der Waals surface area contributed by atoms with E-state index in [9.17, 15) is 4.79 Å². The Bertz CT molecular complexity index is 821. The number of aryl methyl sites for hydroxylation is 1. The zero-order valence-corrected chi connectivity index (χ0v) is 16.4. The first-order valence-corrected chi connectivity index (χ1v) is 10.1. The van der Waals surface area contributed by atoms with E-state index in [0.29, 0.717) is 13.2 Å². The second-order valence-electron chi connectivity index (χ2n) is 7.00. The molecule has 0 saturated carbocycles. The molecule has 0 unspecified atom stereocenters. The maximum Gasteiger partial charge on any atom is 0.330 e. The van der Waals surface area contributed by atoms with Crippen LogP contribution in [0.1, 0.15) is 48.8 Å². The van der Waals surface area contributed by atoms with E-state index >= 15 is 0 Å². The van der Waals surface area contributed by atoms with E-state index in [1.807, 2.05) is 0 Å². The van der Waals surface area contributed by atoms with Crippen molar-refractivity contribution in [3.8, 4) is 5.75 Å². The lowest BCUT2D eigenvalue weighted by molar-refractivity contribution is -0.137. The van der Waals surface area contributed by atoms with Gasteiger partial charge in [-0.05, 0) is 67.4 Å². The van der Waals surface area contributed by atoms with Crippen LogP contribution < -0.4 is 4.74 Å². The van der Waals surface area contributed by atoms with Crippen LogP contribution in [0.15, 0.2) is 61.2 Å². The number of carbonyl (C=O) groups excluding carboxylic acids is 1. The molecule has 2 aromatic rings. The molecule has 146 valence electrons. The van der Waals surface area contributed by atoms with Gasteiger partial charge < -0.3 is 9.47 Å². The van der Waals surface area contributed by atoms with Gasteiger partial charge in [-0.25, -0.2) is 4.79 Å². The molecule has 1 aliphatic carbocycles. The molecule has 0 atom stereocenters. The molecule has 0 N–H and O–H groups in total. The van der Waals surface area contributed by atoms with Crippen molar-refractivity contribution in [3.05, 3.63) is 77.9 Å². The first-order valence-electron chi connectivity index (χ1n) is 10.1. The third-order valence-electron chi connectivity index (χ3n) is 4.97. The van der Waals surface area contributed by atoms with Gasteiger partial charge in [-0.3, -0.25) is 0 Å². The minimum absolute atomic E-state index is 0.357. The average molecular weight is 376 g/mol. The third kappa shape index (κ3) is 5.59. The molecule has 0 spiro atoms. The van der Waals surface area contributed by atoms with E-state index in [2.05, 4.69) is 61.2 Å². The molecular formula is C25H28O3. The Balaban J connectivity index is 1.59. The molecule has 3 heteroatoms. The Labute approximate surface area is 167 Å². The van der Waals surface area contributed by atoms with Crippen LogP contribution in [-0.4, -0.2) is 19.2 Å². The van der Waals surface area contributed by atoms with Crippen molar-refractivity contribution in [2.45, 2.75) is 38.5 Å². The van der Waals surface area contributed by atoms with E-state index < -0.39 is 0 Å². The molecule has 0 heterocycles. The number of hydrogen-bond donors (Lipinski definition) is 0. The zero-order valence-electron chi connectivity index (χ0n) is 16.4. The molecule has 0 aromatic heterocycles. The Morgan fingerprint density at radius 2 is 1.79 bits per heavy atom. The van der Waals surface area contributed by atoms with Gasteiger partial charge in [0.15, 0.2) is 0 Å². The molecule has 0 aliphatic heterocycles. The fourth-order valence-corrected chi connectivity index (χ4v) is 3.49. The largest absolute Gasteiger partial charge is 0.493 e. The lowest BCUT2D eigenvalue weighted by atomic mass is 10.0. The summed E-state index contributed by atoms with van der Waals surface area (Å²) < 4.78 is 11.1. The molecule has 3 nitrogen and oxygen atoms in total. The maximum atomic E-state index is 11.0. The van der Waals surface area contributed by atoms with Gasteiger partial charge in [-0.1, -0.05) is 49.0 Å². The highest BCUT2D eigenvalue weighted by molar-refractivity contribution is 5.84. The fraction of sp³-hybridized carbons (Fsp3) is 0.320. The summed E-state index contributed by atoms with van der Waals surface area (Å²) in [6.07, 6.45) is 9.56. The maximum absolute atomic E-state index is 11.0. The number of esters is 1. The van der Waals surface area contributed by atoms with Crippen LogP contribution in [0.4, 0.5) is 0 Å². The Morgan fingerprint density at radius 3 is 2.61 bits per heavy atom. The average Bonchev–Trinajstić information content (AvgIpc) is 2.96. The van der Waals surface area contributed by atoms with Crippen molar-refractivity contribution in [2.24, 2.45) is 0 Å². The number of hydrogen-bond acceptors (Lipinski definition) is 3. The molecular weight excluding hydrogens is 348 g/mol. The van der Waals surface area contributed by atoms with E-state index in [4.69, 9.17) is 9.47 Å². The summed E-state index contributed by atoms with van der Waals surface area (Å²) in [6, 6.07) is 17.0. The van der Waals surface area contributed by atoms with Crippen molar-refractivity contribution in [1.29, 1.82) is 0 Å². The lowest BCUT2D eigenvalue weighted by Gasteiger charge is -2.13. The number of unbranched alkanes of at least 4 members (excludes halogenated alkanes) is 2. The van der Waals surface area contributed by atoms with E-state index in [1.54, 1.807) is 0 Å². The smallest absolute Gasteiger partial charge is 0.330 e. The summed E-state index contributed by atoms with van der Waals surface area (Å²) in [5.41, 5.74) is 5.25. The quantitative estimate of drug-likeness (QED) is 0.313. The minimum atomic E-state index is -0.357. The van der Waals surface area contributed by atoms with Crippen molar-refractivity contribution in [3.63, 3.8) is 0 Å². The number of ether oxygens (including phenoxy) is 2. The summed E-state index contributed by atoms with van der Waals surface area (Å²) in [5.74, 6) is 0.607. The molecule has 1 aliphatic rings. The SMILES string of the molecule is C=CC(=O)OCCCCCOc1cccc2c1C=C(c1ccccc1)CCC2. The van der Waals surface area contributed by atoms with E-state index in [0.717, 1.165) is 44.3 Å². The Kier molecular flexibility index (Phi) is 7.48. The standard InChI is InChI=1S/C25H28O3/c1-2-25(26)28-18-8-4-7-17-27-24-16-10-14-21-13-9-15-22(19-23(21)24)20-11-5-3-6-12-20/h2-3,5-6,10-12,14,16,19H,1,4,7-9,13,15,17-18H2. The summed E-state index contributed by atoms with van der Waals surface area (Å²) >= 11 is 0. The molecule has 2 aromatic carbocycles. The number of fused-ring (bicyclic) bond motifs is 1. The molecule has 0 fully saturated rings. The topological polar surface area (TPSA) is 35.5 Å². The summed E-state index contributed by atoms with van der Waals surface area (Å²) in [7, 11) is 0. The number of carbonyl (C=O) groups is 1. The van der Waals surface area contributed by atoms with E-state index in [1.165, 1.54) is 28.3 Å². The van der Waals surface area contributed by atoms with Gasteiger partial charge in [0.05, 0.1) is 13.2 Å². The van der Waals surface area contributed by atoms with E-state index in [-0.39, 0.29) is 5.97 Å². The van der Waals surface area contributed by atoms with Crippen LogP contribution in [0, 0.1) is 0 Å². The lowest BCUT2D eigenvalue weighted by Crippen LogP contribution is -2.04. The highest BCUT2D eigenvalue weighted by Crippen LogP contribution is 2.34. The molecule has 28 heavy (non-hydrogen) atoms. The van der Waals surface area contributed by atoms with Crippen molar-refractivity contribution in [1.82, 2.24) is 0 Å². The zero-order chi connectivity index (χ0) is 19.6. The molecule has 3 rings (SSSR count). The summed E-state index contributed by atoms with van der Waals surface area (Å²) in [4.78, 5) is 11.0. The normalized spacial score (nSPS) is 13.1. The van der Waals surface area contributed by atoms with Crippen molar-refractivity contribution < 1.29 is 14.3 Å². The van der Waals surface area contributed by atoms with Crippen LogP contribution in [0.3, 0.4) is 0 Å². The number of allylic oxidation sites excluding steroid dienone is 1. The van der Waals surface area contributed by atoms with Crippen molar-refractivity contribution >= 4 is 17.6 Å². The first-order chi connectivity index (χ1) is 13.8. The summed E-state index contributed by atoms with van der Waals surface area (Å²) in [5, 5.41) is 0. The molecule has 0 saturated heterocycles. The second kappa shape index (κ2) is 10.5.